The van der Waals surface area contributed by atoms with Gasteiger partial charge in [-0.25, -0.2) is 8.42 Å². The van der Waals surface area contributed by atoms with E-state index in [1.54, 1.807) is 0 Å². The van der Waals surface area contributed by atoms with Crippen LogP contribution in [0.25, 0.3) is 0 Å². The minimum absolute atomic E-state index is 0.0420. The number of methoxy groups -OCH3 is 1. The molecule has 0 aromatic heterocycles. The second-order valence-electron chi connectivity index (χ2n) is 4.87. The zero-order valence-electron chi connectivity index (χ0n) is 11.9. The summed E-state index contributed by atoms with van der Waals surface area (Å²) in [4.78, 5) is 14.1. The number of nitrogens with zero attached hydrogens (tertiary/aromatic N) is 1. The topological polar surface area (TPSA) is 75.7 Å². The Balaban J connectivity index is 2.65. The minimum Gasteiger partial charge on any atom is -0.468 e. The van der Waals surface area contributed by atoms with Gasteiger partial charge >= 0.3 is 5.97 Å². The summed E-state index contributed by atoms with van der Waals surface area (Å²) >= 11 is 0. The van der Waals surface area contributed by atoms with Crippen molar-refractivity contribution in [2.24, 2.45) is 0 Å². The number of hydrogen-bond acceptors (Lipinski definition) is 6. The average Bonchev–Trinajstić information content (AvgIpc) is 2.70. The first-order valence-electron chi connectivity index (χ1n) is 6.65. The van der Waals surface area contributed by atoms with Crippen LogP contribution >= 0.6 is 0 Å². The Hall–Kier alpha value is -0.660. The van der Waals surface area contributed by atoms with Gasteiger partial charge in [-0.15, -0.1) is 0 Å². The highest BCUT2D eigenvalue weighted by atomic mass is 32.2. The number of carbonyl (C=O) groups is 1. The van der Waals surface area contributed by atoms with E-state index in [0.29, 0.717) is 13.0 Å². The third-order valence-electron chi connectivity index (χ3n) is 3.67. The molecule has 0 saturated carbocycles. The van der Waals surface area contributed by atoms with Crippen LogP contribution in [0.15, 0.2) is 0 Å². The molecular formula is C12H24N2O4S. The molecule has 7 heteroatoms. The molecule has 1 aliphatic rings. The van der Waals surface area contributed by atoms with Gasteiger partial charge in [-0.3, -0.25) is 10.1 Å². The number of esters is 1. The predicted molar refractivity (Wildman–Crippen MR) is 73.8 cm³/mol. The smallest absolute Gasteiger partial charge is 0.327 e. The van der Waals surface area contributed by atoms with E-state index in [2.05, 4.69) is 24.1 Å². The lowest BCUT2D eigenvalue weighted by Gasteiger charge is -2.27. The molecule has 19 heavy (non-hydrogen) atoms. The van der Waals surface area contributed by atoms with Crippen LogP contribution in [0.2, 0.25) is 0 Å². The van der Waals surface area contributed by atoms with Gasteiger partial charge in [0, 0.05) is 13.1 Å². The van der Waals surface area contributed by atoms with Crippen LogP contribution in [0.1, 0.15) is 20.3 Å². The van der Waals surface area contributed by atoms with Crippen molar-refractivity contribution >= 4 is 15.8 Å². The minimum atomic E-state index is -3.15. The first-order valence-corrected chi connectivity index (χ1v) is 8.47. The molecule has 1 unspecified atom stereocenters. The molecule has 1 aliphatic heterocycles. The van der Waals surface area contributed by atoms with Crippen LogP contribution in [0.4, 0.5) is 0 Å². The van der Waals surface area contributed by atoms with Crippen LogP contribution in [0, 0.1) is 0 Å². The molecule has 1 N–H and O–H groups in total. The Morgan fingerprint density at radius 2 is 2.00 bits per heavy atom. The van der Waals surface area contributed by atoms with Crippen LogP contribution in [-0.4, -0.2) is 69.6 Å². The van der Waals surface area contributed by atoms with Crippen molar-refractivity contribution in [1.82, 2.24) is 10.2 Å². The van der Waals surface area contributed by atoms with Crippen LogP contribution in [0.5, 0.6) is 0 Å². The highest BCUT2D eigenvalue weighted by Gasteiger charge is 2.48. The highest BCUT2D eigenvalue weighted by molar-refractivity contribution is 7.91. The second kappa shape index (κ2) is 6.67. The zero-order valence-corrected chi connectivity index (χ0v) is 12.8. The molecule has 0 amide bonds. The summed E-state index contributed by atoms with van der Waals surface area (Å²) in [6, 6.07) is 0. The van der Waals surface area contributed by atoms with Gasteiger partial charge in [0.25, 0.3) is 0 Å². The Morgan fingerprint density at radius 1 is 1.37 bits per heavy atom. The fourth-order valence-corrected chi connectivity index (χ4v) is 4.33. The monoisotopic (exact) mass is 292 g/mol. The van der Waals surface area contributed by atoms with Crippen molar-refractivity contribution in [3.05, 3.63) is 0 Å². The molecule has 1 atom stereocenters. The lowest BCUT2D eigenvalue weighted by Crippen LogP contribution is -2.55. The average molecular weight is 292 g/mol. The van der Waals surface area contributed by atoms with Crippen LogP contribution < -0.4 is 5.32 Å². The maximum atomic E-state index is 11.9. The van der Waals surface area contributed by atoms with Gasteiger partial charge in [0.05, 0.1) is 18.6 Å². The fraction of sp³-hybridized carbons (Fsp3) is 0.917. The summed E-state index contributed by atoms with van der Waals surface area (Å²) in [5, 5.41) is 3.11. The van der Waals surface area contributed by atoms with Crippen molar-refractivity contribution in [3.8, 4) is 0 Å². The van der Waals surface area contributed by atoms with Gasteiger partial charge < -0.3 is 9.64 Å². The molecule has 1 fully saturated rings. The SMILES string of the molecule is CCN(CC)CCNC1(C(=O)OC)CCS(=O)(=O)C1. The molecule has 112 valence electrons. The number of sulfone groups is 1. The van der Waals surface area contributed by atoms with Crippen LogP contribution in [-0.2, 0) is 19.4 Å². The number of rotatable bonds is 7. The Bertz CT molecular complexity index is 406. The van der Waals surface area contributed by atoms with Gasteiger partial charge in [0.15, 0.2) is 9.84 Å². The quantitative estimate of drug-likeness (QED) is 0.646. The van der Waals surface area contributed by atoms with E-state index in [1.807, 2.05) is 0 Å². The summed E-state index contributed by atoms with van der Waals surface area (Å²) in [6.45, 7) is 7.36. The zero-order chi connectivity index (χ0) is 14.5. The van der Waals surface area contributed by atoms with Crippen molar-refractivity contribution in [2.45, 2.75) is 25.8 Å². The summed E-state index contributed by atoms with van der Waals surface area (Å²) in [5.74, 6) is -0.598. The lowest BCUT2D eigenvalue weighted by molar-refractivity contribution is -0.147. The van der Waals surface area contributed by atoms with Crippen molar-refractivity contribution in [2.75, 3.05) is 44.8 Å². The van der Waals surface area contributed by atoms with Gasteiger partial charge in [-0.1, -0.05) is 13.8 Å². The Kier molecular flexibility index (Phi) is 5.76. The molecule has 0 spiro atoms. The van der Waals surface area contributed by atoms with E-state index in [9.17, 15) is 13.2 Å². The van der Waals surface area contributed by atoms with E-state index in [-0.39, 0.29) is 11.5 Å². The first-order chi connectivity index (χ1) is 8.89. The molecule has 1 rings (SSSR count). The van der Waals surface area contributed by atoms with Crippen molar-refractivity contribution < 1.29 is 17.9 Å². The Morgan fingerprint density at radius 3 is 2.42 bits per heavy atom. The first kappa shape index (κ1) is 16.4. The number of nitrogens with one attached hydrogen (secondary N) is 1. The molecular weight excluding hydrogens is 268 g/mol. The van der Waals surface area contributed by atoms with Crippen molar-refractivity contribution in [3.63, 3.8) is 0 Å². The molecule has 0 aromatic rings. The summed E-state index contributed by atoms with van der Waals surface area (Å²) in [5.41, 5.74) is -1.05. The Labute approximate surface area is 115 Å². The molecule has 1 heterocycles. The molecule has 1 saturated heterocycles. The molecule has 6 nitrogen and oxygen atoms in total. The highest BCUT2D eigenvalue weighted by Crippen LogP contribution is 2.24. The van der Waals surface area contributed by atoms with Crippen LogP contribution in [0.3, 0.4) is 0 Å². The van der Waals surface area contributed by atoms with Gasteiger partial charge in [0.2, 0.25) is 0 Å². The van der Waals surface area contributed by atoms with E-state index in [0.717, 1.165) is 19.6 Å². The van der Waals surface area contributed by atoms with E-state index in [4.69, 9.17) is 4.74 Å². The third kappa shape index (κ3) is 4.15. The maximum Gasteiger partial charge on any atom is 0.327 e. The van der Waals surface area contributed by atoms with E-state index >= 15 is 0 Å². The fourth-order valence-electron chi connectivity index (χ4n) is 2.41. The number of ether oxygens (including phenoxy) is 1. The van der Waals surface area contributed by atoms with Gasteiger partial charge in [-0.2, -0.15) is 0 Å². The summed E-state index contributed by atoms with van der Waals surface area (Å²) in [6.07, 6.45) is 0.292. The molecule has 0 bridgehead atoms. The maximum absolute atomic E-state index is 11.9. The van der Waals surface area contributed by atoms with Gasteiger partial charge in [-0.05, 0) is 19.5 Å². The van der Waals surface area contributed by atoms with E-state index in [1.165, 1.54) is 7.11 Å². The molecule has 0 aliphatic carbocycles. The molecule has 0 radical (unpaired) electrons. The largest absolute Gasteiger partial charge is 0.468 e. The number of hydrogen-bond donors (Lipinski definition) is 1. The molecule has 0 aromatic carbocycles. The number of likely N-dealkylation sites (N-methyl/N-ethyl adjacent to an activating group) is 1. The van der Waals surface area contributed by atoms with Gasteiger partial charge in [0.1, 0.15) is 5.54 Å². The predicted octanol–water partition coefficient (Wildman–Crippen LogP) is -0.352. The standard InChI is InChI=1S/C12H24N2O4S/c1-4-14(5-2)8-7-13-12(11(15)18-3)6-9-19(16,17)10-12/h13H,4-10H2,1-3H3. The van der Waals surface area contributed by atoms with Crippen molar-refractivity contribution in [1.29, 1.82) is 0 Å². The summed E-state index contributed by atoms with van der Waals surface area (Å²) in [7, 11) is -1.85. The second-order valence-corrected chi connectivity index (χ2v) is 7.05. The van der Waals surface area contributed by atoms with E-state index < -0.39 is 21.3 Å². The third-order valence-corrected chi connectivity index (χ3v) is 5.43. The number of carbonyl (C=O) groups excluding carboxylic acids is 1. The summed E-state index contributed by atoms with van der Waals surface area (Å²) < 4.78 is 28.0. The lowest BCUT2D eigenvalue weighted by atomic mass is 9.99. The normalized spacial score (nSPS) is 25.7.